The summed E-state index contributed by atoms with van der Waals surface area (Å²) < 4.78 is 43.4. The zero-order chi connectivity index (χ0) is 14.8. The van der Waals surface area contributed by atoms with Crippen LogP contribution in [0.25, 0.3) is 0 Å². The van der Waals surface area contributed by atoms with Crippen LogP contribution in [0.5, 0.6) is 0 Å². The summed E-state index contributed by atoms with van der Waals surface area (Å²) in [5, 5.41) is 2.60. The van der Waals surface area contributed by atoms with Gasteiger partial charge in [-0.2, -0.15) is 0 Å². The number of carbonyl (C=O) groups excluding carboxylic acids is 1. The van der Waals surface area contributed by atoms with E-state index in [4.69, 9.17) is 4.74 Å². The number of ether oxygens (including phenoxy) is 1. The second-order valence-electron chi connectivity index (χ2n) is 5.17. The van der Waals surface area contributed by atoms with Gasteiger partial charge in [0.15, 0.2) is 0 Å². The summed E-state index contributed by atoms with van der Waals surface area (Å²) in [5.41, 5.74) is -1.47. The third-order valence-electron chi connectivity index (χ3n) is 2.26. The van der Waals surface area contributed by atoms with Gasteiger partial charge in [-0.15, -0.1) is 5.46 Å². The van der Waals surface area contributed by atoms with Crippen molar-refractivity contribution in [2.24, 2.45) is 0 Å². The maximum Gasteiger partial charge on any atom is 1.00 e. The molecule has 0 aromatic heterocycles. The van der Waals surface area contributed by atoms with E-state index in [1.54, 1.807) is 20.8 Å². The Morgan fingerprint density at radius 1 is 1.20 bits per heavy atom. The number of hydrogen-bond donors (Lipinski definition) is 1. The second-order valence-corrected chi connectivity index (χ2v) is 5.17. The molecule has 3 nitrogen and oxygen atoms in total. The van der Waals surface area contributed by atoms with Gasteiger partial charge in [0.25, 0.3) is 0 Å². The third kappa shape index (κ3) is 6.17. The van der Waals surface area contributed by atoms with Crippen molar-refractivity contribution in [2.75, 3.05) is 12.4 Å². The summed E-state index contributed by atoms with van der Waals surface area (Å²) >= 11 is 0. The van der Waals surface area contributed by atoms with Crippen molar-refractivity contribution in [2.45, 2.75) is 26.4 Å². The minimum atomic E-state index is -5.16. The summed E-state index contributed by atoms with van der Waals surface area (Å²) in [6, 6.07) is 3.11. The van der Waals surface area contributed by atoms with Gasteiger partial charge in [-0.1, -0.05) is 12.1 Å². The van der Waals surface area contributed by atoms with Gasteiger partial charge in [-0.05, 0) is 26.8 Å². The van der Waals surface area contributed by atoms with Crippen molar-refractivity contribution in [3.8, 4) is 0 Å². The molecule has 0 fully saturated rings. The maximum absolute atomic E-state index is 12.8. The van der Waals surface area contributed by atoms with E-state index in [-0.39, 0.29) is 62.6 Å². The number of carbonyl (C=O) groups is 1. The van der Waals surface area contributed by atoms with E-state index in [1.165, 1.54) is 13.1 Å². The first-order valence-corrected chi connectivity index (χ1v) is 5.79. The Labute approximate surface area is 159 Å². The predicted octanol–water partition coefficient (Wildman–Crippen LogP) is -0.258. The number of benzene rings is 1. The van der Waals surface area contributed by atoms with Gasteiger partial charge in [0, 0.05) is 12.7 Å². The van der Waals surface area contributed by atoms with E-state index in [2.05, 4.69) is 5.32 Å². The van der Waals surface area contributed by atoms with Crippen LogP contribution in [0.1, 0.15) is 31.1 Å². The van der Waals surface area contributed by atoms with Crippen LogP contribution >= 0.6 is 0 Å². The zero-order valence-electron chi connectivity index (χ0n) is 12.3. The van der Waals surface area contributed by atoms with Crippen LogP contribution in [0.3, 0.4) is 0 Å². The zero-order valence-corrected chi connectivity index (χ0v) is 15.4. The largest absolute Gasteiger partial charge is 1.00 e. The average molecular weight is 313 g/mol. The van der Waals surface area contributed by atoms with Crippen molar-refractivity contribution in [3.63, 3.8) is 0 Å². The van der Waals surface area contributed by atoms with Crippen LogP contribution in [-0.2, 0) is 4.74 Å². The molecule has 0 bridgehead atoms. The molecule has 1 N–H and O–H groups in total. The molecule has 0 aliphatic rings. The minimum absolute atomic E-state index is 0. The Morgan fingerprint density at radius 3 is 2.15 bits per heavy atom. The van der Waals surface area contributed by atoms with Crippen LogP contribution in [-0.4, -0.2) is 25.6 Å². The number of halogens is 3. The Hall–Kier alpha value is -0.0187. The van der Waals surface area contributed by atoms with Crippen LogP contribution in [0.4, 0.5) is 18.6 Å². The third-order valence-corrected chi connectivity index (χ3v) is 2.26. The Morgan fingerprint density at radius 2 is 1.75 bits per heavy atom. The van der Waals surface area contributed by atoms with Gasteiger partial charge < -0.3 is 23.0 Å². The average Bonchev–Trinajstić information content (AvgIpc) is 2.25. The van der Waals surface area contributed by atoms with Crippen molar-refractivity contribution in [1.82, 2.24) is 0 Å². The first-order chi connectivity index (χ1) is 8.53. The molecule has 0 spiro atoms. The Balaban J connectivity index is 0.00000361. The summed E-state index contributed by atoms with van der Waals surface area (Å²) in [6.45, 7) is -0.202. The molecular weight excluding hydrogens is 297 g/mol. The summed E-state index contributed by atoms with van der Waals surface area (Å²) in [6.07, 6.45) is 0. The first-order valence-electron chi connectivity index (χ1n) is 5.79. The molecule has 1 aromatic rings. The molecule has 106 valence electrons. The minimum Gasteiger partial charge on any atom is -0.456 e. The molecule has 0 amide bonds. The number of anilines is 1. The molecule has 0 unspecified atom stereocenters. The van der Waals surface area contributed by atoms with E-state index in [0.717, 1.165) is 12.1 Å². The van der Waals surface area contributed by atoms with E-state index in [0.29, 0.717) is 0 Å². The smallest absolute Gasteiger partial charge is 0.456 e. The second kappa shape index (κ2) is 7.31. The van der Waals surface area contributed by atoms with E-state index >= 15 is 0 Å². The van der Waals surface area contributed by atoms with Gasteiger partial charge >= 0.3 is 64.3 Å². The fourth-order valence-corrected chi connectivity index (χ4v) is 1.44. The molecule has 0 saturated carbocycles. The quantitative estimate of drug-likeness (QED) is 0.617. The van der Waals surface area contributed by atoms with Crippen LogP contribution in [0, 0.1) is 0 Å². The summed E-state index contributed by atoms with van der Waals surface area (Å²) in [4.78, 5) is 11.8. The molecule has 0 aliphatic carbocycles. The standard InChI is InChI=1S/C12H16BF3NO2.K/c1-12(2,3)19-11(18)8-5-9(13(14,15)16)7-10(6-8)17-4;/h5-7,17H,1-4H3;/q-1;+1. The predicted molar refractivity (Wildman–Crippen MR) is 69.9 cm³/mol. The SMILES string of the molecule is CNc1cc(C(=O)OC(C)(C)C)cc([B-](F)(F)F)c1.[K+]. The molecule has 0 heterocycles. The molecule has 1 rings (SSSR count). The van der Waals surface area contributed by atoms with Gasteiger partial charge in [-0.3, -0.25) is 0 Å². The fourth-order valence-electron chi connectivity index (χ4n) is 1.44. The van der Waals surface area contributed by atoms with Crippen molar-refractivity contribution >= 4 is 24.1 Å². The number of esters is 1. The Kier molecular flexibility index (Phi) is 7.30. The first kappa shape index (κ1) is 20.0. The molecule has 0 atom stereocenters. The molecule has 0 saturated heterocycles. The summed E-state index contributed by atoms with van der Waals surface area (Å²) in [5.74, 6) is -0.772. The van der Waals surface area contributed by atoms with E-state index < -0.39 is 24.0 Å². The maximum atomic E-state index is 12.8. The normalized spacial score (nSPS) is 11.6. The topological polar surface area (TPSA) is 38.3 Å². The molecule has 8 heteroatoms. The molecule has 0 radical (unpaired) electrons. The fraction of sp³-hybridized carbons (Fsp3) is 0.417. The van der Waals surface area contributed by atoms with Crippen LogP contribution in [0.2, 0.25) is 0 Å². The molecule has 20 heavy (non-hydrogen) atoms. The van der Waals surface area contributed by atoms with Gasteiger partial charge in [0.05, 0.1) is 5.56 Å². The van der Waals surface area contributed by atoms with E-state index in [1.807, 2.05) is 0 Å². The molecule has 1 aromatic carbocycles. The number of nitrogens with one attached hydrogen (secondary N) is 1. The van der Waals surface area contributed by atoms with Crippen molar-refractivity contribution in [1.29, 1.82) is 0 Å². The Bertz CT molecular complexity index is 487. The van der Waals surface area contributed by atoms with Crippen molar-refractivity contribution in [3.05, 3.63) is 23.8 Å². The van der Waals surface area contributed by atoms with E-state index in [9.17, 15) is 17.7 Å². The monoisotopic (exact) mass is 313 g/mol. The van der Waals surface area contributed by atoms with Crippen LogP contribution < -0.4 is 62.2 Å². The number of rotatable bonds is 3. The van der Waals surface area contributed by atoms with Gasteiger partial charge in [0.1, 0.15) is 5.60 Å². The van der Waals surface area contributed by atoms with Crippen molar-refractivity contribution < 1.29 is 73.9 Å². The van der Waals surface area contributed by atoms with Gasteiger partial charge in [-0.25, -0.2) is 4.79 Å². The number of hydrogen-bond acceptors (Lipinski definition) is 3. The van der Waals surface area contributed by atoms with Crippen LogP contribution in [0.15, 0.2) is 18.2 Å². The van der Waals surface area contributed by atoms with Gasteiger partial charge in [0.2, 0.25) is 0 Å². The molecular formula is C12H16BF3KNO2. The summed E-state index contributed by atoms with van der Waals surface area (Å²) in [7, 11) is 1.49. The molecule has 0 aliphatic heterocycles.